The van der Waals surface area contributed by atoms with Crippen molar-refractivity contribution in [2.24, 2.45) is 10.7 Å². The van der Waals surface area contributed by atoms with Crippen molar-refractivity contribution in [3.05, 3.63) is 37.9 Å². The molecule has 1 aliphatic rings. The number of hydrogen-bond donors (Lipinski definition) is 2. The number of primary amides is 1. The van der Waals surface area contributed by atoms with E-state index in [9.17, 15) is 35.9 Å². The van der Waals surface area contributed by atoms with Gasteiger partial charge in [0, 0.05) is 21.1 Å². The highest BCUT2D eigenvalue weighted by Crippen LogP contribution is 2.33. The molecular formula is C17H15F6N3O2S3. The summed E-state index contributed by atoms with van der Waals surface area (Å²) in [6, 6.07) is 2.40. The van der Waals surface area contributed by atoms with E-state index in [-0.39, 0.29) is 20.3 Å². The minimum absolute atomic E-state index is 0.0104. The molecule has 0 saturated heterocycles. The first-order chi connectivity index (χ1) is 14.2. The second-order valence-corrected chi connectivity index (χ2v) is 9.45. The number of nitrogen functional groups attached to an aromatic ring is 1. The van der Waals surface area contributed by atoms with Crippen molar-refractivity contribution in [3.8, 4) is 0 Å². The van der Waals surface area contributed by atoms with E-state index in [1.54, 1.807) is 6.26 Å². The maximum atomic E-state index is 12.2. The summed E-state index contributed by atoms with van der Waals surface area (Å²) in [5.74, 6) is -1.24. The lowest BCUT2D eigenvalue weighted by atomic mass is 10.1. The quantitative estimate of drug-likeness (QED) is 0.586. The Labute approximate surface area is 184 Å². The Kier molecular flexibility index (Phi) is 7.81. The van der Waals surface area contributed by atoms with Crippen molar-refractivity contribution < 1.29 is 35.9 Å². The van der Waals surface area contributed by atoms with Crippen molar-refractivity contribution in [3.63, 3.8) is 0 Å². The molecule has 170 valence electrons. The molecule has 3 rings (SSSR count). The molecule has 2 aromatic heterocycles. The summed E-state index contributed by atoms with van der Waals surface area (Å²) in [4.78, 5) is 26.9. The standard InChI is InChI=1S/C10H8F3NOS2.C7H7F3N2OS/c1-16-8-3-7-6(9(15)14-8)2-5(17-7)4-10(11,12)13;8-7(9,10)2-3-1-4(5(11)13)6(12)14-3/h2H,3-4H2,1H3;1H,2,12H2,(H2,11,13). The van der Waals surface area contributed by atoms with Crippen molar-refractivity contribution in [1.29, 1.82) is 0 Å². The first-order valence-electron chi connectivity index (χ1n) is 8.27. The van der Waals surface area contributed by atoms with E-state index in [1.807, 2.05) is 0 Å². The van der Waals surface area contributed by atoms with E-state index in [2.05, 4.69) is 4.99 Å². The lowest BCUT2D eigenvalue weighted by molar-refractivity contribution is -0.127. The highest BCUT2D eigenvalue weighted by Gasteiger charge is 2.31. The third kappa shape index (κ3) is 7.54. The predicted octanol–water partition coefficient (Wildman–Crippen LogP) is 4.84. The molecule has 1 aliphatic heterocycles. The monoisotopic (exact) mass is 503 g/mol. The van der Waals surface area contributed by atoms with Crippen molar-refractivity contribution in [1.82, 2.24) is 0 Å². The summed E-state index contributed by atoms with van der Waals surface area (Å²) < 4.78 is 72.5. The van der Waals surface area contributed by atoms with Gasteiger partial charge in [-0.05, 0) is 18.4 Å². The molecule has 0 radical (unpaired) electrons. The van der Waals surface area contributed by atoms with Crippen LogP contribution in [0.3, 0.4) is 0 Å². The van der Waals surface area contributed by atoms with E-state index in [0.29, 0.717) is 21.9 Å². The molecule has 0 bridgehead atoms. The van der Waals surface area contributed by atoms with Gasteiger partial charge in [-0.15, -0.1) is 34.4 Å². The average molecular weight is 504 g/mol. The van der Waals surface area contributed by atoms with E-state index < -0.39 is 37.0 Å². The number of carbonyl (C=O) groups is 2. The first-order valence-corrected chi connectivity index (χ1v) is 11.1. The van der Waals surface area contributed by atoms with Crippen LogP contribution in [0.2, 0.25) is 0 Å². The van der Waals surface area contributed by atoms with Crippen LogP contribution in [0.15, 0.2) is 17.1 Å². The van der Waals surface area contributed by atoms with E-state index in [4.69, 9.17) is 11.5 Å². The summed E-state index contributed by atoms with van der Waals surface area (Å²) in [6.07, 6.45) is -8.35. The van der Waals surface area contributed by atoms with Gasteiger partial charge in [0.05, 0.1) is 34.0 Å². The SMILES string of the molecule is CSC1=NC(=O)c2cc(CC(F)(F)F)sc2C1.NC(=O)c1cc(CC(F)(F)F)sc1N. The van der Waals surface area contributed by atoms with Gasteiger partial charge in [-0.2, -0.15) is 26.3 Å². The zero-order valence-corrected chi connectivity index (χ0v) is 18.1. The Hall–Kier alpha value is -2.06. The van der Waals surface area contributed by atoms with E-state index >= 15 is 0 Å². The minimum Gasteiger partial charge on any atom is -0.390 e. The van der Waals surface area contributed by atoms with Crippen LogP contribution in [0, 0.1) is 0 Å². The van der Waals surface area contributed by atoms with Crippen LogP contribution in [-0.4, -0.2) is 35.5 Å². The second kappa shape index (κ2) is 9.61. The van der Waals surface area contributed by atoms with Gasteiger partial charge >= 0.3 is 12.4 Å². The second-order valence-electron chi connectivity index (χ2n) is 6.18. The molecule has 0 atom stereocenters. The number of fused-ring (bicyclic) bond motifs is 1. The number of carbonyl (C=O) groups excluding carboxylic acids is 2. The zero-order chi connectivity index (χ0) is 23.6. The van der Waals surface area contributed by atoms with Gasteiger partial charge in [0.2, 0.25) is 0 Å². The van der Waals surface area contributed by atoms with Gasteiger partial charge in [0.15, 0.2) is 0 Å². The van der Waals surface area contributed by atoms with Gasteiger partial charge in [-0.25, -0.2) is 4.99 Å². The van der Waals surface area contributed by atoms with Crippen LogP contribution in [0.25, 0.3) is 0 Å². The normalized spacial score (nSPS) is 13.9. The largest absolute Gasteiger partial charge is 0.393 e. The molecule has 3 heterocycles. The predicted molar refractivity (Wildman–Crippen MR) is 110 cm³/mol. The minimum atomic E-state index is -4.30. The maximum Gasteiger partial charge on any atom is 0.393 e. The van der Waals surface area contributed by atoms with Crippen LogP contribution in [0.1, 0.15) is 35.3 Å². The van der Waals surface area contributed by atoms with Gasteiger partial charge in [0.1, 0.15) is 0 Å². The fraction of sp³-hybridized carbons (Fsp3) is 0.353. The fourth-order valence-corrected chi connectivity index (χ4v) is 5.20. The molecular weight excluding hydrogens is 488 g/mol. The summed E-state index contributed by atoms with van der Waals surface area (Å²) in [5, 5.41) is 0.680. The Morgan fingerprint density at radius 1 is 1.10 bits per heavy atom. The van der Waals surface area contributed by atoms with Gasteiger partial charge < -0.3 is 11.5 Å². The van der Waals surface area contributed by atoms with Crippen LogP contribution in [0.5, 0.6) is 0 Å². The van der Waals surface area contributed by atoms with Gasteiger partial charge in [-0.3, -0.25) is 9.59 Å². The van der Waals surface area contributed by atoms with Crippen molar-refractivity contribution in [2.45, 2.75) is 31.6 Å². The van der Waals surface area contributed by atoms with Crippen molar-refractivity contribution >= 4 is 56.3 Å². The van der Waals surface area contributed by atoms with Crippen molar-refractivity contribution in [2.75, 3.05) is 12.0 Å². The third-order valence-corrected chi connectivity index (χ3v) is 6.50. The van der Waals surface area contributed by atoms with Gasteiger partial charge in [0.25, 0.3) is 11.8 Å². The molecule has 14 heteroatoms. The molecule has 0 unspecified atom stereocenters. The number of alkyl halides is 6. The van der Waals surface area contributed by atoms with Crippen LogP contribution in [0.4, 0.5) is 31.3 Å². The molecule has 4 N–H and O–H groups in total. The van der Waals surface area contributed by atoms with Gasteiger partial charge in [-0.1, -0.05) is 0 Å². The Morgan fingerprint density at radius 2 is 1.65 bits per heavy atom. The lowest BCUT2D eigenvalue weighted by Gasteiger charge is -2.08. The molecule has 2 amide bonds. The number of thioether (sulfide) groups is 1. The number of aliphatic imine (C=N–C) groups is 1. The number of amides is 2. The van der Waals surface area contributed by atoms with Crippen LogP contribution < -0.4 is 11.5 Å². The molecule has 31 heavy (non-hydrogen) atoms. The van der Waals surface area contributed by atoms with E-state index in [1.165, 1.54) is 17.8 Å². The number of anilines is 1. The first kappa shape index (κ1) is 25.2. The smallest absolute Gasteiger partial charge is 0.390 e. The van der Waals surface area contributed by atoms with Crippen LogP contribution >= 0.6 is 34.4 Å². The third-order valence-electron chi connectivity index (χ3n) is 3.69. The number of thiophene rings is 2. The summed E-state index contributed by atoms with van der Waals surface area (Å²) in [5.41, 5.74) is 10.5. The molecule has 0 spiro atoms. The van der Waals surface area contributed by atoms with E-state index in [0.717, 1.165) is 28.7 Å². The zero-order valence-electron chi connectivity index (χ0n) is 15.7. The lowest BCUT2D eigenvalue weighted by Crippen LogP contribution is -2.12. The topological polar surface area (TPSA) is 98.5 Å². The number of rotatable bonds is 3. The number of hydrogen-bond acceptors (Lipinski definition) is 6. The molecule has 0 saturated carbocycles. The average Bonchev–Trinajstić information content (AvgIpc) is 3.15. The Bertz CT molecular complexity index is 1010. The highest BCUT2D eigenvalue weighted by atomic mass is 32.2. The number of nitrogens with two attached hydrogens (primary N) is 2. The fourth-order valence-electron chi connectivity index (χ4n) is 2.48. The highest BCUT2D eigenvalue weighted by molar-refractivity contribution is 8.13. The molecule has 0 aromatic carbocycles. The number of halogens is 6. The van der Waals surface area contributed by atoms with Crippen LogP contribution in [-0.2, 0) is 19.3 Å². The molecule has 5 nitrogen and oxygen atoms in total. The Balaban J connectivity index is 0.000000225. The molecule has 0 aliphatic carbocycles. The Morgan fingerprint density at radius 3 is 2.10 bits per heavy atom. The summed E-state index contributed by atoms with van der Waals surface area (Å²) in [6.45, 7) is 0. The number of nitrogens with zero attached hydrogens (tertiary/aromatic N) is 1. The molecule has 2 aromatic rings. The molecule has 0 fully saturated rings. The summed E-state index contributed by atoms with van der Waals surface area (Å²) in [7, 11) is 0. The maximum absolute atomic E-state index is 12.2. The summed E-state index contributed by atoms with van der Waals surface area (Å²) >= 11 is 3.13.